The molecule has 0 atom stereocenters. The molecule has 0 aliphatic heterocycles. The largest absolute Gasteiger partial charge is 0.496 e. The summed E-state index contributed by atoms with van der Waals surface area (Å²) in [5.41, 5.74) is 2.22. The first-order valence-corrected chi connectivity index (χ1v) is 7.50. The average Bonchev–Trinajstić information content (AvgIpc) is 2.54. The van der Waals surface area contributed by atoms with Crippen molar-refractivity contribution in [3.63, 3.8) is 0 Å². The Morgan fingerprint density at radius 2 is 2.05 bits per heavy atom. The number of nitrogens with one attached hydrogen (secondary N) is 1. The summed E-state index contributed by atoms with van der Waals surface area (Å²) in [5.74, 6) is 0.370. The third-order valence-electron chi connectivity index (χ3n) is 3.05. The molecule has 0 aliphatic rings. The second kappa shape index (κ2) is 7.84. The van der Waals surface area contributed by atoms with E-state index < -0.39 is 0 Å². The Morgan fingerprint density at radius 3 is 2.73 bits per heavy atom. The molecule has 3 N–H and O–H groups in total. The molecule has 1 amide bonds. The fourth-order valence-electron chi connectivity index (χ4n) is 2.01. The van der Waals surface area contributed by atoms with Crippen LogP contribution in [-0.2, 0) is 11.3 Å². The molecule has 2 aromatic rings. The third kappa shape index (κ3) is 4.00. The van der Waals surface area contributed by atoms with Gasteiger partial charge in [-0.1, -0.05) is 12.1 Å². The number of rotatable bonds is 6. The van der Waals surface area contributed by atoms with Crippen molar-refractivity contribution < 1.29 is 14.3 Å². The van der Waals surface area contributed by atoms with Gasteiger partial charge in [0.1, 0.15) is 5.75 Å². The molecule has 116 valence electrons. The van der Waals surface area contributed by atoms with E-state index in [1.54, 1.807) is 32.4 Å². The van der Waals surface area contributed by atoms with Crippen LogP contribution in [0.25, 0.3) is 0 Å². The van der Waals surface area contributed by atoms with Crippen molar-refractivity contribution in [1.29, 1.82) is 0 Å². The summed E-state index contributed by atoms with van der Waals surface area (Å²) in [7, 11) is 3.18. The number of ether oxygens (including phenoxy) is 2. The van der Waals surface area contributed by atoms with E-state index in [1.165, 1.54) is 0 Å². The Bertz CT molecular complexity index is 662. The van der Waals surface area contributed by atoms with Crippen molar-refractivity contribution >= 4 is 23.5 Å². The molecular formula is C16H18N2O3S. The molecule has 5 nitrogen and oxygen atoms in total. The maximum absolute atomic E-state index is 12.3. The third-order valence-corrected chi connectivity index (χ3v) is 3.64. The van der Waals surface area contributed by atoms with E-state index in [0.29, 0.717) is 17.9 Å². The van der Waals surface area contributed by atoms with Gasteiger partial charge in [0, 0.05) is 18.4 Å². The zero-order chi connectivity index (χ0) is 15.9. The molecule has 0 heterocycles. The van der Waals surface area contributed by atoms with Crippen LogP contribution < -0.4 is 15.2 Å². The number of methoxy groups -OCH3 is 2. The summed E-state index contributed by atoms with van der Waals surface area (Å²) in [6.07, 6.45) is 0. The monoisotopic (exact) mass is 318 g/mol. The van der Waals surface area contributed by atoms with Gasteiger partial charge in [-0.25, -0.2) is 0 Å². The van der Waals surface area contributed by atoms with Gasteiger partial charge in [0.25, 0.3) is 5.91 Å². The molecule has 0 aromatic heterocycles. The van der Waals surface area contributed by atoms with Gasteiger partial charge in [0.15, 0.2) is 0 Å². The highest BCUT2D eigenvalue weighted by Crippen LogP contribution is 2.27. The minimum atomic E-state index is -0.207. The standard InChI is InChI=1S/C16H18N2O3S/c1-20-10-11-4-3-5-13(8-11)18-16(19)12-6-7-15(22-17)14(9-12)21-2/h3-9H,10,17H2,1-2H3,(H,18,19). The van der Waals surface area contributed by atoms with Crippen LogP contribution in [0.5, 0.6) is 5.75 Å². The molecular weight excluding hydrogens is 300 g/mol. The number of hydrogen-bond acceptors (Lipinski definition) is 5. The minimum Gasteiger partial charge on any atom is -0.496 e. The lowest BCUT2D eigenvalue weighted by atomic mass is 10.1. The quantitative estimate of drug-likeness (QED) is 0.801. The number of benzene rings is 2. The molecule has 2 aromatic carbocycles. The summed E-state index contributed by atoms with van der Waals surface area (Å²) >= 11 is 1.08. The number of carbonyl (C=O) groups excluding carboxylic acids is 1. The van der Waals surface area contributed by atoms with Crippen molar-refractivity contribution in [2.24, 2.45) is 5.14 Å². The van der Waals surface area contributed by atoms with Gasteiger partial charge in [-0.3, -0.25) is 9.93 Å². The molecule has 0 bridgehead atoms. The van der Waals surface area contributed by atoms with Gasteiger partial charge in [0.2, 0.25) is 0 Å². The molecule has 0 aliphatic carbocycles. The first-order valence-electron chi connectivity index (χ1n) is 6.62. The molecule has 22 heavy (non-hydrogen) atoms. The van der Waals surface area contributed by atoms with Crippen molar-refractivity contribution in [2.75, 3.05) is 19.5 Å². The van der Waals surface area contributed by atoms with E-state index >= 15 is 0 Å². The van der Waals surface area contributed by atoms with Crippen molar-refractivity contribution in [3.05, 3.63) is 53.6 Å². The second-order valence-corrected chi connectivity index (χ2v) is 5.25. The van der Waals surface area contributed by atoms with Gasteiger partial charge >= 0.3 is 0 Å². The van der Waals surface area contributed by atoms with Crippen LogP contribution in [0.3, 0.4) is 0 Å². The normalized spacial score (nSPS) is 10.3. The van der Waals surface area contributed by atoms with Crippen LogP contribution in [0.4, 0.5) is 5.69 Å². The Hall–Kier alpha value is -2.02. The molecule has 2 rings (SSSR count). The summed E-state index contributed by atoms with van der Waals surface area (Å²) in [6, 6.07) is 12.7. The number of nitrogens with two attached hydrogens (primary N) is 1. The second-order valence-electron chi connectivity index (χ2n) is 4.57. The molecule has 0 unspecified atom stereocenters. The lowest BCUT2D eigenvalue weighted by molar-refractivity contribution is 0.102. The Kier molecular flexibility index (Phi) is 5.83. The van der Waals surface area contributed by atoms with Crippen molar-refractivity contribution in [1.82, 2.24) is 0 Å². The zero-order valence-corrected chi connectivity index (χ0v) is 13.3. The number of hydrogen-bond donors (Lipinski definition) is 2. The minimum absolute atomic E-state index is 0.207. The van der Waals surface area contributed by atoms with Crippen LogP contribution in [0.1, 0.15) is 15.9 Å². The maximum atomic E-state index is 12.3. The Labute approximate surface area is 133 Å². The Balaban J connectivity index is 2.16. The number of anilines is 1. The Morgan fingerprint density at radius 1 is 1.23 bits per heavy atom. The van der Waals surface area contributed by atoms with Gasteiger partial charge in [0.05, 0.1) is 18.6 Å². The van der Waals surface area contributed by atoms with Crippen molar-refractivity contribution in [2.45, 2.75) is 11.5 Å². The van der Waals surface area contributed by atoms with Gasteiger partial charge < -0.3 is 14.8 Å². The lowest BCUT2D eigenvalue weighted by Crippen LogP contribution is -2.12. The number of amides is 1. The topological polar surface area (TPSA) is 73.6 Å². The zero-order valence-electron chi connectivity index (χ0n) is 12.5. The number of carbonyl (C=O) groups is 1. The fourth-order valence-corrected chi connectivity index (χ4v) is 2.42. The van der Waals surface area contributed by atoms with Crippen LogP contribution in [0.15, 0.2) is 47.4 Å². The van der Waals surface area contributed by atoms with Gasteiger partial charge in [-0.05, 0) is 47.8 Å². The molecule has 0 saturated carbocycles. The van der Waals surface area contributed by atoms with Crippen LogP contribution in [0.2, 0.25) is 0 Å². The van der Waals surface area contributed by atoms with Crippen LogP contribution in [-0.4, -0.2) is 20.1 Å². The van der Waals surface area contributed by atoms with E-state index in [-0.39, 0.29) is 5.91 Å². The van der Waals surface area contributed by atoms with E-state index in [9.17, 15) is 4.79 Å². The van der Waals surface area contributed by atoms with Crippen LogP contribution >= 0.6 is 11.9 Å². The fraction of sp³-hybridized carbons (Fsp3) is 0.188. The highest BCUT2D eigenvalue weighted by Gasteiger charge is 2.10. The first kappa shape index (κ1) is 16.4. The van der Waals surface area contributed by atoms with Crippen LogP contribution in [0, 0.1) is 0 Å². The SMILES string of the molecule is COCc1cccc(NC(=O)c2ccc(SN)c(OC)c2)c1. The van der Waals surface area contributed by atoms with E-state index in [0.717, 1.165) is 28.1 Å². The predicted octanol–water partition coefficient (Wildman–Crippen LogP) is 3.06. The summed E-state index contributed by atoms with van der Waals surface area (Å²) in [5, 5.41) is 8.40. The first-order chi connectivity index (χ1) is 10.7. The molecule has 6 heteroatoms. The van der Waals surface area contributed by atoms with E-state index in [2.05, 4.69) is 5.32 Å². The van der Waals surface area contributed by atoms with Crippen molar-refractivity contribution in [3.8, 4) is 5.75 Å². The molecule has 0 radical (unpaired) electrons. The smallest absolute Gasteiger partial charge is 0.255 e. The highest BCUT2D eigenvalue weighted by molar-refractivity contribution is 7.97. The lowest BCUT2D eigenvalue weighted by Gasteiger charge is -2.10. The van der Waals surface area contributed by atoms with Gasteiger partial charge in [-0.2, -0.15) is 0 Å². The summed E-state index contributed by atoms with van der Waals surface area (Å²) in [4.78, 5) is 13.1. The van der Waals surface area contributed by atoms with Gasteiger partial charge in [-0.15, -0.1) is 0 Å². The molecule has 0 spiro atoms. The predicted molar refractivity (Wildman–Crippen MR) is 88.1 cm³/mol. The summed E-state index contributed by atoms with van der Waals surface area (Å²) in [6.45, 7) is 0.500. The summed E-state index contributed by atoms with van der Waals surface area (Å²) < 4.78 is 10.3. The van der Waals surface area contributed by atoms with E-state index in [1.807, 2.05) is 24.3 Å². The average molecular weight is 318 g/mol. The maximum Gasteiger partial charge on any atom is 0.255 e. The highest BCUT2D eigenvalue weighted by atomic mass is 32.2. The van der Waals surface area contributed by atoms with E-state index in [4.69, 9.17) is 14.6 Å². The molecule has 0 saturated heterocycles. The molecule has 0 fully saturated rings.